The molecule has 1 saturated heterocycles. The Morgan fingerprint density at radius 1 is 1.20 bits per heavy atom. The van der Waals surface area contributed by atoms with E-state index >= 15 is 0 Å². The third-order valence-corrected chi connectivity index (χ3v) is 2.91. The van der Waals surface area contributed by atoms with E-state index in [2.05, 4.69) is 36.6 Å². The molecule has 0 radical (unpaired) electrons. The van der Waals surface area contributed by atoms with E-state index < -0.39 is 0 Å². The topological polar surface area (TPSA) is 3.24 Å². The predicted octanol–water partition coefficient (Wildman–Crippen LogP) is 3.41. The van der Waals surface area contributed by atoms with Gasteiger partial charge in [0.15, 0.2) is 0 Å². The smallest absolute Gasteiger partial charge is 0.00131 e. The zero-order valence-electron chi connectivity index (χ0n) is 9.86. The van der Waals surface area contributed by atoms with Crippen molar-refractivity contribution in [1.82, 2.24) is 4.90 Å². The lowest BCUT2D eigenvalue weighted by Crippen LogP contribution is -2.33. The molecule has 84 valence electrons. The first-order valence-corrected chi connectivity index (χ1v) is 6.05. The quantitative estimate of drug-likeness (QED) is 0.622. The highest BCUT2D eigenvalue weighted by Crippen LogP contribution is 2.18. The molecule has 1 aliphatic rings. The van der Waals surface area contributed by atoms with E-state index in [0.717, 1.165) is 5.92 Å². The van der Waals surface area contributed by atoms with Crippen LogP contribution in [0.3, 0.4) is 0 Å². The van der Waals surface area contributed by atoms with Gasteiger partial charge >= 0.3 is 0 Å². The highest BCUT2D eigenvalue weighted by molar-refractivity contribution is 5.10. The molecule has 1 heterocycles. The van der Waals surface area contributed by atoms with Gasteiger partial charge in [-0.25, -0.2) is 0 Å². The van der Waals surface area contributed by atoms with Gasteiger partial charge < -0.3 is 4.90 Å². The minimum atomic E-state index is 0.785. The van der Waals surface area contributed by atoms with Crippen LogP contribution >= 0.6 is 0 Å². The molecule has 0 N–H and O–H groups in total. The van der Waals surface area contributed by atoms with Crippen LogP contribution in [-0.4, -0.2) is 24.5 Å². The van der Waals surface area contributed by atoms with Crippen molar-refractivity contribution < 1.29 is 0 Å². The summed E-state index contributed by atoms with van der Waals surface area (Å²) in [6.07, 6.45) is 14.3. The van der Waals surface area contributed by atoms with Crippen LogP contribution in [0.4, 0.5) is 0 Å². The Hall–Kier alpha value is -0.820. The molecule has 0 aromatic heterocycles. The Kier molecular flexibility index (Phi) is 6.10. The van der Waals surface area contributed by atoms with E-state index in [0.29, 0.717) is 0 Å². The van der Waals surface area contributed by atoms with Crippen molar-refractivity contribution in [3.8, 4) is 0 Å². The van der Waals surface area contributed by atoms with Crippen molar-refractivity contribution in [1.29, 1.82) is 0 Å². The monoisotopic (exact) mass is 205 g/mol. The van der Waals surface area contributed by atoms with Gasteiger partial charge in [-0.15, -0.1) is 0 Å². The number of hydrogen-bond acceptors (Lipinski definition) is 1. The van der Waals surface area contributed by atoms with Crippen LogP contribution in [0.25, 0.3) is 0 Å². The van der Waals surface area contributed by atoms with E-state index in [-0.39, 0.29) is 0 Å². The first kappa shape index (κ1) is 12.3. The first-order valence-electron chi connectivity index (χ1n) is 6.05. The van der Waals surface area contributed by atoms with Gasteiger partial charge in [0.25, 0.3) is 0 Å². The van der Waals surface area contributed by atoms with Gasteiger partial charge in [0, 0.05) is 0 Å². The van der Waals surface area contributed by atoms with Crippen LogP contribution in [-0.2, 0) is 0 Å². The number of nitrogens with zero attached hydrogens (tertiary/aromatic N) is 1. The normalized spacial score (nSPS) is 20.3. The molecule has 0 bridgehead atoms. The average molecular weight is 205 g/mol. The average Bonchev–Trinajstić information content (AvgIpc) is 2.27. The maximum Gasteiger partial charge on any atom is -0.00131 e. The SMILES string of the molecule is C=C/C=C\C=C\C1CCN(CCC)CC1. The van der Waals surface area contributed by atoms with Gasteiger partial charge in [-0.1, -0.05) is 43.9 Å². The van der Waals surface area contributed by atoms with Crippen LogP contribution in [0.1, 0.15) is 26.2 Å². The van der Waals surface area contributed by atoms with E-state index in [9.17, 15) is 0 Å². The molecule has 1 nitrogen and oxygen atoms in total. The second-order valence-corrected chi connectivity index (χ2v) is 4.18. The maximum absolute atomic E-state index is 3.65. The van der Waals surface area contributed by atoms with E-state index in [1.165, 1.54) is 38.9 Å². The van der Waals surface area contributed by atoms with Gasteiger partial charge in [0.1, 0.15) is 0 Å². The summed E-state index contributed by atoms with van der Waals surface area (Å²) in [5.41, 5.74) is 0. The Bertz CT molecular complexity index is 219. The fourth-order valence-electron chi connectivity index (χ4n) is 2.05. The molecule has 15 heavy (non-hydrogen) atoms. The maximum atomic E-state index is 3.65. The van der Waals surface area contributed by atoms with Crippen molar-refractivity contribution >= 4 is 0 Å². The molecule has 1 aliphatic heterocycles. The summed E-state index contributed by atoms with van der Waals surface area (Å²) < 4.78 is 0. The van der Waals surface area contributed by atoms with E-state index in [1.807, 2.05) is 12.2 Å². The highest BCUT2D eigenvalue weighted by atomic mass is 15.1. The lowest BCUT2D eigenvalue weighted by molar-refractivity contribution is 0.203. The molecular weight excluding hydrogens is 182 g/mol. The van der Waals surface area contributed by atoms with Gasteiger partial charge in [0.05, 0.1) is 0 Å². The highest BCUT2D eigenvalue weighted by Gasteiger charge is 2.15. The van der Waals surface area contributed by atoms with Gasteiger partial charge in [-0.2, -0.15) is 0 Å². The van der Waals surface area contributed by atoms with Gasteiger partial charge in [-0.3, -0.25) is 0 Å². The third kappa shape index (κ3) is 4.98. The third-order valence-electron chi connectivity index (χ3n) is 2.91. The Morgan fingerprint density at radius 2 is 1.93 bits per heavy atom. The van der Waals surface area contributed by atoms with Crippen LogP contribution in [0, 0.1) is 5.92 Å². The lowest BCUT2D eigenvalue weighted by Gasteiger charge is -2.30. The first-order chi connectivity index (χ1) is 7.36. The Labute approximate surface area is 94.2 Å². The van der Waals surface area contributed by atoms with Crippen molar-refractivity contribution in [2.24, 2.45) is 5.92 Å². The van der Waals surface area contributed by atoms with Crippen LogP contribution in [0.15, 0.2) is 37.0 Å². The molecule has 0 aromatic carbocycles. The van der Waals surface area contributed by atoms with Gasteiger partial charge in [-0.05, 0) is 44.8 Å². The largest absolute Gasteiger partial charge is 0.303 e. The molecule has 0 unspecified atom stereocenters. The fourth-order valence-corrected chi connectivity index (χ4v) is 2.05. The zero-order valence-corrected chi connectivity index (χ0v) is 9.86. The van der Waals surface area contributed by atoms with Crippen molar-refractivity contribution in [3.05, 3.63) is 37.0 Å². The van der Waals surface area contributed by atoms with Crippen LogP contribution < -0.4 is 0 Å². The number of rotatable bonds is 5. The number of likely N-dealkylation sites (tertiary alicyclic amines) is 1. The van der Waals surface area contributed by atoms with Crippen molar-refractivity contribution in [2.45, 2.75) is 26.2 Å². The second kappa shape index (κ2) is 7.47. The standard InChI is InChI=1S/C14H23N/c1-3-5-6-7-8-14-9-12-15(11-4-2)13-10-14/h3,5-8,14H,1,4,9-13H2,2H3/b6-5-,8-7+. The molecule has 0 spiro atoms. The Morgan fingerprint density at radius 3 is 2.53 bits per heavy atom. The van der Waals surface area contributed by atoms with Crippen LogP contribution in [0.5, 0.6) is 0 Å². The minimum Gasteiger partial charge on any atom is -0.303 e. The molecule has 1 fully saturated rings. The molecule has 1 rings (SSSR count). The van der Waals surface area contributed by atoms with E-state index in [1.54, 1.807) is 0 Å². The summed E-state index contributed by atoms with van der Waals surface area (Å²) in [7, 11) is 0. The van der Waals surface area contributed by atoms with E-state index in [4.69, 9.17) is 0 Å². The zero-order chi connectivity index (χ0) is 10.9. The summed E-state index contributed by atoms with van der Waals surface area (Å²) >= 11 is 0. The lowest BCUT2D eigenvalue weighted by atomic mass is 9.96. The number of piperidine rings is 1. The second-order valence-electron chi connectivity index (χ2n) is 4.18. The van der Waals surface area contributed by atoms with Crippen LogP contribution in [0.2, 0.25) is 0 Å². The predicted molar refractivity (Wildman–Crippen MR) is 67.9 cm³/mol. The number of hydrogen-bond donors (Lipinski definition) is 0. The molecule has 0 aromatic rings. The number of allylic oxidation sites excluding steroid dienone is 5. The molecule has 1 heteroatoms. The summed E-state index contributed by atoms with van der Waals surface area (Å²) in [6, 6.07) is 0. The minimum absolute atomic E-state index is 0.785. The molecule has 0 saturated carbocycles. The summed E-state index contributed by atoms with van der Waals surface area (Å²) in [6.45, 7) is 9.72. The van der Waals surface area contributed by atoms with Crippen molar-refractivity contribution in [2.75, 3.05) is 19.6 Å². The molecule has 0 aliphatic carbocycles. The van der Waals surface area contributed by atoms with Gasteiger partial charge in [0.2, 0.25) is 0 Å². The fraction of sp³-hybridized carbons (Fsp3) is 0.571. The Balaban J connectivity index is 2.22. The summed E-state index contributed by atoms with van der Waals surface area (Å²) in [4.78, 5) is 2.57. The molecule has 0 atom stereocenters. The van der Waals surface area contributed by atoms with Crippen molar-refractivity contribution in [3.63, 3.8) is 0 Å². The molecular formula is C14H23N. The molecule has 0 amide bonds. The summed E-state index contributed by atoms with van der Waals surface area (Å²) in [5.74, 6) is 0.785. The summed E-state index contributed by atoms with van der Waals surface area (Å²) in [5, 5.41) is 0.